The Labute approximate surface area is 151 Å². The molecule has 1 aromatic heterocycles. The second-order valence-corrected chi connectivity index (χ2v) is 6.02. The minimum absolute atomic E-state index is 0.104. The lowest BCUT2D eigenvalue weighted by molar-refractivity contribution is 0.0512. The zero-order chi connectivity index (χ0) is 18.7. The number of benzene rings is 2. The van der Waals surface area contributed by atoms with Crippen molar-refractivity contribution in [1.82, 2.24) is 5.16 Å². The molecule has 0 N–H and O–H groups in total. The van der Waals surface area contributed by atoms with Crippen molar-refractivity contribution in [2.75, 3.05) is 6.61 Å². The van der Waals surface area contributed by atoms with Gasteiger partial charge in [-0.15, -0.1) is 0 Å². The van der Waals surface area contributed by atoms with Crippen LogP contribution in [0.2, 0.25) is 0 Å². The molecule has 0 unspecified atom stereocenters. The Bertz CT molecular complexity index is 937. The van der Waals surface area contributed by atoms with Gasteiger partial charge in [-0.2, -0.15) is 0 Å². The molecule has 3 aromatic rings. The lowest BCUT2D eigenvalue weighted by atomic mass is 9.97. The van der Waals surface area contributed by atoms with E-state index in [0.29, 0.717) is 11.1 Å². The maximum Gasteiger partial charge on any atom is 0.361 e. The standard InChI is InChI=1S/C21H19NO4/c1-4-25-21(24)18-17(19(23)15-9-5-13(2)6-10-15)20(26-22-18)16-11-7-14(3)8-12-16/h5-12H,4H2,1-3H3. The monoisotopic (exact) mass is 349 g/mol. The number of hydrogen-bond donors (Lipinski definition) is 0. The maximum atomic E-state index is 13.1. The molecule has 3 rings (SSSR count). The van der Waals surface area contributed by atoms with Crippen molar-refractivity contribution in [1.29, 1.82) is 0 Å². The molecule has 0 fully saturated rings. The summed E-state index contributed by atoms with van der Waals surface area (Å²) in [6.07, 6.45) is 0. The highest BCUT2D eigenvalue weighted by Crippen LogP contribution is 2.29. The first kappa shape index (κ1) is 17.6. The van der Waals surface area contributed by atoms with Crippen LogP contribution in [0.1, 0.15) is 44.5 Å². The molecule has 0 aliphatic rings. The van der Waals surface area contributed by atoms with Crippen molar-refractivity contribution in [3.05, 3.63) is 76.5 Å². The van der Waals surface area contributed by atoms with Crippen LogP contribution in [0, 0.1) is 13.8 Å². The third-order valence-corrected chi connectivity index (χ3v) is 4.02. The first-order valence-corrected chi connectivity index (χ1v) is 8.36. The van der Waals surface area contributed by atoms with Gasteiger partial charge in [0, 0.05) is 11.1 Å². The molecule has 0 saturated carbocycles. The summed E-state index contributed by atoms with van der Waals surface area (Å²) in [5.74, 6) is -0.742. The summed E-state index contributed by atoms with van der Waals surface area (Å²) in [6.45, 7) is 5.78. The van der Waals surface area contributed by atoms with Gasteiger partial charge in [0.25, 0.3) is 0 Å². The smallest absolute Gasteiger partial charge is 0.361 e. The quantitative estimate of drug-likeness (QED) is 0.505. The molecular weight excluding hydrogens is 330 g/mol. The molecule has 0 saturated heterocycles. The average Bonchev–Trinajstić information content (AvgIpc) is 3.07. The number of ketones is 1. The summed E-state index contributed by atoms with van der Waals surface area (Å²) in [6, 6.07) is 14.6. The summed E-state index contributed by atoms with van der Waals surface area (Å²) in [5, 5.41) is 3.83. The maximum absolute atomic E-state index is 13.1. The third-order valence-electron chi connectivity index (χ3n) is 4.02. The molecule has 0 radical (unpaired) electrons. The molecule has 0 aliphatic carbocycles. The Balaban J connectivity index is 2.14. The lowest BCUT2D eigenvalue weighted by Crippen LogP contribution is -2.12. The van der Waals surface area contributed by atoms with Crippen LogP contribution < -0.4 is 0 Å². The summed E-state index contributed by atoms with van der Waals surface area (Å²) < 4.78 is 10.4. The Morgan fingerprint density at radius 1 is 0.962 bits per heavy atom. The van der Waals surface area contributed by atoms with Crippen molar-refractivity contribution < 1.29 is 18.8 Å². The van der Waals surface area contributed by atoms with Crippen molar-refractivity contribution in [2.24, 2.45) is 0 Å². The Morgan fingerprint density at radius 3 is 2.12 bits per heavy atom. The minimum atomic E-state index is -0.676. The van der Waals surface area contributed by atoms with Crippen molar-refractivity contribution in [3.63, 3.8) is 0 Å². The summed E-state index contributed by atoms with van der Waals surface area (Å²) in [7, 11) is 0. The predicted octanol–water partition coefficient (Wildman–Crippen LogP) is 4.37. The second kappa shape index (κ2) is 7.35. The number of esters is 1. The van der Waals surface area contributed by atoms with E-state index in [1.165, 1.54) is 0 Å². The van der Waals surface area contributed by atoms with E-state index in [1.807, 2.05) is 50.2 Å². The van der Waals surface area contributed by atoms with E-state index in [-0.39, 0.29) is 29.4 Å². The number of nitrogens with zero attached hydrogens (tertiary/aromatic N) is 1. The first-order chi connectivity index (χ1) is 12.5. The Morgan fingerprint density at radius 2 is 1.54 bits per heavy atom. The fraction of sp³-hybridized carbons (Fsp3) is 0.190. The van der Waals surface area contributed by atoms with E-state index in [9.17, 15) is 9.59 Å². The normalized spacial score (nSPS) is 10.6. The molecule has 5 nitrogen and oxygen atoms in total. The number of hydrogen-bond acceptors (Lipinski definition) is 5. The largest absolute Gasteiger partial charge is 0.461 e. The van der Waals surface area contributed by atoms with Gasteiger partial charge in [-0.1, -0.05) is 64.8 Å². The number of rotatable bonds is 5. The van der Waals surface area contributed by atoms with Gasteiger partial charge in [0.2, 0.25) is 5.69 Å². The third kappa shape index (κ3) is 3.42. The molecule has 5 heteroatoms. The molecule has 2 aromatic carbocycles. The van der Waals surface area contributed by atoms with E-state index in [0.717, 1.165) is 11.1 Å². The second-order valence-electron chi connectivity index (χ2n) is 6.02. The van der Waals surface area contributed by atoms with Crippen LogP contribution in [-0.2, 0) is 4.74 Å². The van der Waals surface area contributed by atoms with Crippen molar-refractivity contribution in [2.45, 2.75) is 20.8 Å². The van der Waals surface area contributed by atoms with Gasteiger partial charge in [0.05, 0.1) is 6.61 Å². The summed E-state index contributed by atoms with van der Waals surface area (Å²) >= 11 is 0. The molecule has 132 valence electrons. The van der Waals surface area contributed by atoms with Crippen LogP contribution in [0.3, 0.4) is 0 Å². The lowest BCUT2D eigenvalue weighted by Gasteiger charge is -2.05. The number of aryl methyl sites for hydroxylation is 2. The van der Waals surface area contributed by atoms with Crippen LogP contribution in [0.25, 0.3) is 11.3 Å². The number of ether oxygens (including phenoxy) is 1. The van der Waals surface area contributed by atoms with Gasteiger partial charge >= 0.3 is 5.97 Å². The average molecular weight is 349 g/mol. The molecule has 26 heavy (non-hydrogen) atoms. The zero-order valence-corrected chi connectivity index (χ0v) is 14.9. The molecule has 0 atom stereocenters. The number of aromatic nitrogens is 1. The van der Waals surface area contributed by atoms with Gasteiger partial charge in [-0.25, -0.2) is 4.79 Å². The highest BCUT2D eigenvalue weighted by Gasteiger charge is 2.29. The highest BCUT2D eigenvalue weighted by molar-refractivity contribution is 6.16. The Kier molecular flexibility index (Phi) is 4.98. The van der Waals surface area contributed by atoms with E-state index in [4.69, 9.17) is 9.26 Å². The van der Waals surface area contributed by atoms with Crippen LogP contribution >= 0.6 is 0 Å². The molecule has 0 amide bonds. The van der Waals surface area contributed by atoms with Gasteiger partial charge in [-0.3, -0.25) is 4.79 Å². The van der Waals surface area contributed by atoms with Crippen LogP contribution in [-0.4, -0.2) is 23.5 Å². The topological polar surface area (TPSA) is 69.4 Å². The number of carbonyl (C=O) groups is 2. The minimum Gasteiger partial charge on any atom is -0.461 e. The molecular formula is C21H19NO4. The summed E-state index contributed by atoms with van der Waals surface area (Å²) in [4.78, 5) is 25.4. The van der Waals surface area contributed by atoms with Crippen LogP contribution in [0.4, 0.5) is 0 Å². The van der Waals surface area contributed by atoms with Gasteiger partial charge < -0.3 is 9.26 Å². The fourth-order valence-electron chi connectivity index (χ4n) is 2.59. The molecule has 1 heterocycles. The fourth-order valence-corrected chi connectivity index (χ4v) is 2.59. The van der Waals surface area contributed by atoms with E-state index in [2.05, 4.69) is 5.16 Å². The predicted molar refractivity (Wildman–Crippen MR) is 97.2 cm³/mol. The molecule has 0 bridgehead atoms. The van der Waals surface area contributed by atoms with Crippen LogP contribution in [0.15, 0.2) is 53.1 Å². The molecule has 0 aliphatic heterocycles. The van der Waals surface area contributed by atoms with Crippen molar-refractivity contribution >= 4 is 11.8 Å². The van der Waals surface area contributed by atoms with Gasteiger partial charge in [0.15, 0.2) is 11.5 Å². The zero-order valence-electron chi connectivity index (χ0n) is 14.9. The van der Waals surface area contributed by atoms with Crippen LogP contribution in [0.5, 0.6) is 0 Å². The van der Waals surface area contributed by atoms with E-state index >= 15 is 0 Å². The number of carbonyl (C=O) groups excluding carboxylic acids is 2. The Hall–Kier alpha value is -3.21. The molecule has 0 spiro atoms. The van der Waals surface area contributed by atoms with Gasteiger partial charge in [0.1, 0.15) is 5.56 Å². The SMILES string of the molecule is CCOC(=O)c1noc(-c2ccc(C)cc2)c1C(=O)c1ccc(C)cc1. The van der Waals surface area contributed by atoms with E-state index < -0.39 is 5.97 Å². The highest BCUT2D eigenvalue weighted by atomic mass is 16.5. The van der Waals surface area contributed by atoms with Crippen molar-refractivity contribution in [3.8, 4) is 11.3 Å². The van der Waals surface area contributed by atoms with Gasteiger partial charge in [-0.05, 0) is 20.8 Å². The van der Waals surface area contributed by atoms with E-state index in [1.54, 1.807) is 19.1 Å². The first-order valence-electron chi connectivity index (χ1n) is 8.36. The summed E-state index contributed by atoms with van der Waals surface area (Å²) in [5.41, 5.74) is 3.26.